The first-order valence-electron chi connectivity index (χ1n) is 6.22. The van der Waals surface area contributed by atoms with E-state index >= 15 is 0 Å². The predicted octanol–water partition coefficient (Wildman–Crippen LogP) is 1.02. The van der Waals surface area contributed by atoms with Crippen LogP contribution in [0.15, 0.2) is 18.5 Å². The lowest BCUT2D eigenvalue weighted by molar-refractivity contribution is 0.0696. The first-order valence-corrected chi connectivity index (χ1v) is 6.22. The first-order chi connectivity index (χ1) is 7.86. The van der Waals surface area contributed by atoms with Crippen LogP contribution in [0.3, 0.4) is 0 Å². The second-order valence-corrected chi connectivity index (χ2v) is 4.59. The first kappa shape index (κ1) is 11.6. The van der Waals surface area contributed by atoms with Crippen molar-refractivity contribution in [3.05, 3.63) is 18.5 Å². The van der Waals surface area contributed by atoms with Crippen molar-refractivity contribution in [3.63, 3.8) is 0 Å². The molecule has 16 heavy (non-hydrogen) atoms. The zero-order chi connectivity index (χ0) is 11.2. The largest absolute Gasteiger partial charge is 0.393 e. The van der Waals surface area contributed by atoms with Crippen LogP contribution in [0.5, 0.6) is 0 Å². The molecule has 0 radical (unpaired) electrons. The molecule has 0 bridgehead atoms. The van der Waals surface area contributed by atoms with Crippen molar-refractivity contribution in [2.45, 2.75) is 38.3 Å². The molecule has 1 heterocycles. The number of hydrogen-bond acceptors (Lipinski definition) is 3. The fourth-order valence-electron chi connectivity index (χ4n) is 2.34. The average Bonchev–Trinajstić information content (AvgIpc) is 2.79. The van der Waals surface area contributed by atoms with Gasteiger partial charge in [-0.05, 0) is 24.8 Å². The number of hydrogen-bond donors (Lipinski definition) is 2. The van der Waals surface area contributed by atoms with Gasteiger partial charge in [0, 0.05) is 25.5 Å². The van der Waals surface area contributed by atoms with Crippen LogP contribution in [0.25, 0.3) is 0 Å². The van der Waals surface area contributed by atoms with E-state index < -0.39 is 0 Å². The topological polar surface area (TPSA) is 50.1 Å². The zero-order valence-corrected chi connectivity index (χ0v) is 9.68. The summed E-state index contributed by atoms with van der Waals surface area (Å²) in [6.07, 6.45) is 8.27. The van der Waals surface area contributed by atoms with Gasteiger partial charge in [-0.1, -0.05) is 12.8 Å². The van der Waals surface area contributed by atoms with Crippen LogP contribution in [0.4, 0.5) is 0 Å². The van der Waals surface area contributed by atoms with E-state index in [1.54, 1.807) is 6.20 Å². The quantitative estimate of drug-likeness (QED) is 0.733. The van der Waals surface area contributed by atoms with Gasteiger partial charge in [-0.2, -0.15) is 5.10 Å². The molecule has 0 aromatic carbocycles. The van der Waals surface area contributed by atoms with Crippen LogP contribution >= 0.6 is 0 Å². The maximum absolute atomic E-state index is 9.79. The lowest BCUT2D eigenvalue weighted by Gasteiger charge is -2.27. The average molecular weight is 223 g/mol. The molecule has 0 spiro atoms. The molecule has 0 saturated heterocycles. The SMILES string of the molecule is OC1CCCCC1CNCCn1cccn1. The van der Waals surface area contributed by atoms with Gasteiger partial charge < -0.3 is 10.4 Å². The maximum atomic E-state index is 9.79. The van der Waals surface area contributed by atoms with Gasteiger partial charge in [0.1, 0.15) is 0 Å². The summed E-state index contributed by atoms with van der Waals surface area (Å²) >= 11 is 0. The molecule has 0 aliphatic heterocycles. The number of aromatic nitrogens is 2. The molecule has 90 valence electrons. The number of aliphatic hydroxyl groups is 1. The molecule has 2 N–H and O–H groups in total. The molecular weight excluding hydrogens is 202 g/mol. The summed E-state index contributed by atoms with van der Waals surface area (Å²) in [5.41, 5.74) is 0. The van der Waals surface area contributed by atoms with Crippen molar-refractivity contribution in [1.82, 2.24) is 15.1 Å². The van der Waals surface area contributed by atoms with Gasteiger partial charge in [0.2, 0.25) is 0 Å². The van der Waals surface area contributed by atoms with Crippen molar-refractivity contribution in [3.8, 4) is 0 Å². The second kappa shape index (κ2) is 6.01. The van der Waals surface area contributed by atoms with E-state index in [1.165, 1.54) is 12.8 Å². The highest BCUT2D eigenvalue weighted by atomic mass is 16.3. The summed E-state index contributed by atoms with van der Waals surface area (Å²) < 4.78 is 1.92. The summed E-state index contributed by atoms with van der Waals surface area (Å²) in [5.74, 6) is 0.450. The Morgan fingerprint density at radius 3 is 3.00 bits per heavy atom. The van der Waals surface area contributed by atoms with E-state index in [-0.39, 0.29) is 6.10 Å². The molecule has 1 fully saturated rings. The van der Waals surface area contributed by atoms with Crippen LogP contribution < -0.4 is 5.32 Å². The second-order valence-electron chi connectivity index (χ2n) is 4.59. The van der Waals surface area contributed by atoms with E-state index in [1.807, 2.05) is 16.9 Å². The van der Waals surface area contributed by atoms with Crippen LogP contribution in [0.2, 0.25) is 0 Å². The fourth-order valence-corrected chi connectivity index (χ4v) is 2.34. The Morgan fingerprint density at radius 1 is 1.38 bits per heavy atom. The smallest absolute Gasteiger partial charge is 0.0580 e. The normalized spacial score (nSPS) is 25.8. The fraction of sp³-hybridized carbons (Fsp3) is 0.750. The Morgan fingerprint density at radius 2 is 2.25 bits per heavy atom. The molecular formula is C12H21N3O. The molecule has 1 aliphatic carbocycles. The molecule has 2 rings (SSSR count). The molecule has 1 aliphatic rings. The van der Waals surface area contributed by atoms with Crippen LogP contribution in [0, 0.1) is 5.92 Å². The molecule has 4 heteroatoms. The highest BCUT2D eigenvalue weighted by Gasteiger charge is 2.22. The van der Waals surface area contributed by atoms with Gasteiger partial charge in [0.15, 0.2) is 0 Å². The summed E-state index contributed by atoms with van der Waals surface area (Å²) in [7, 11) is 0. The number of aliphatic hydroxyl groups excluding tert-OH is 1. The monoisotopic (exact) mass is 223 g/mol. The molecule has 2 atom stereocenters. The summed E-state index contributed by atoms with van der Waals surface area (Å²) in [4.78, 5) is 0. The van der Waals surface area contributed by atoms with Gasteiger partial charge in [-0.3, -0.25) is 4.68 Å². The van der Waals surface area contributed by atoms with Crippen LogP contribution in [0.1, 0.15) is 25.7 Å². The highest BCUT2D eigenvalue weighted by Crippen LogP contribution is 2.23. The third-order valence-corrected chi connectivity index (χ3v) is 3.35. The van der Waals surface area contributed by atoms with Crippen molar-refractivity contribution >= 4 is 0 Å². The Kier molecular flexibility index (Phi) is 4.36. The van der Waals surface area contributed by atoms with E-state index in [4.69, 9.17) is 0 Å². The number of nitrogens with one attached hydrogen (secondary N) is 1. The van der Waals surface area contributed by atoms with Gasteiger partial charge in [0.05, 0.1) is 12.6 Å². The third-order valence-electron chi connectivity index (χ3n) is 3.35. The lowest BCUT2D eigenvalue weighted by Crippen LogP contribution is -2.35. The highest BCUT2D eigenvalue weighted by molar-refractivity contribution is 4.78. The Hall–Kier alpha value is -0.870. The molecule has 0 amide bonds. The molecule has 2 unspecified atom stereocenters. The van der Waals surface area contributed by atoms with E-state index in [9.17, 15) is 5.11 Å². The van der Waals surface area contributed by atoms with Crippen LogP contribution in [-0.4, -0.2) is 34.1 Å². The summed E-state index contributed by atoms with van der Waals surface area (Å²) in [5, 5.41) is 17.3. The summed E-state index contributed by atoms with van der Waals surface area (Å²) in [6.45, 7) is 2.75. The van der Waals surface area contributed by atoms with E-state index in [0.717, 1.165) is 32.5 Å². The minimum absolute atomic E-state index is 0.0917. The lowest BCUT2D eigenvalue weighted by atomic mass is 9.86. The van der Waals surface area contributed by atoms with Crippen molar-refractivity contribution in [1.29, 1.82) is 0 Å². The van der Waals surface area contributed by atoms with E-state index in [2.05, 4.69) is 10.4 Å². The van der Waals surface area contributed by atoms with E-state index in [0.29, 0.717) is 5.92 Å². The van der Waals surface area contributed by atoms with Gasteiger partial charge in [-0.25, -0.2) is 0 Å². The minimum Gasteiger partial charge on any atom is -0.393 e. The number of nitrogens with zero attached hydrogens (tertiary/aromatic N) is 2. The predicted molar refractivity (Wildman–Crippen MR) is 63.1 cm³/mol. The van der Waals surface area contributed by atoms with Crippen molar-refractivity contribution < 1.29 is 5.11 Å². The minimum atomic E-state index is -0.0917. The maximum Gasteiger partial charge on any atom is 0.0580 e. The Balaban J connectivity index is 1.60. The van der Waals surface area contributed by atoms with Gasteiger partial charge in [-0.15, -0.1) is 0 Å². The third kappa shape index (κ3) is 3.32. The summed E-state index contributed by atoms with van der Waals surface area (Å²) in [6, 6.07) is 1.94. The van der Waals surface area contributed by atoms with Gasteiger partial charge in [0.25, 0.3) is 0 Å². The van der Waals surface area contributed by atoms with Crippen LogP contribution in [-0.2, 0) is 6.54 Å². The van der Waals surface area contributed by atoms with Crippen molar-refractivity contribution in [2.75, 3.05) is 13.1 Å². The van der Waals surface area contributed by atoms with Gasteiger partial charge >= 0.3 is 0 Å². The molecule has 1 saturated carbocycles. The molecule has 1 aromatic heterocycles. The molecule has 1 aromatic rings. The Labute approximate surface area is 96.7 Å². The standard InChI is InChI=1S/C12H21N3O/c16-12-5-2-1-4-11(12)10-13-7-9-15-8-3-6-14-15/h3,6,8,11-13,16H,1-2,4-5,7,9-10H2. The number of rotatable bonds is 5. The van der Waals surface area contributed by atoms with Crippen molar-refractivity contribution in [2.24, 2.45) is 5.92 Å². The Bertz CT molecular complexity index is 286. The zero-order valence-electron chi connectivity index (χ0n) is 9.68. The molecule has 4 nitrogen and oxygen atoms in total.